The number of nitrogens with one attached hydrogen (secondary N) is 1. The summed E-state index contributed by atoms with van der Waals surface area (Å²) in [6, 6.07) is 4.68. The number of rotatable bonds is 6. The minimum atomic E-state index is -1.61. The van der Waals surface area contributed by atoms with E-state index in [0.29, 0.717) is 5.56 Å². The molecule has 8 heteroatoms. The number of carbonyl (C=O) groups is 4. The van der Waals surface area contributed by atoms with Gasteiger partial charge in [0.05, 0.1) is 6.54 Å². The lowest BCUT2D eigenvalue weighted by Gasteiger charge is -2.35. The zero-order chi connectivity index (χ0) is 18.7. The van der Waals surface area contributed by atoms with Gasteiger partial charge in [-0.05, 0) is 31.4 Å². The summed E-state index contributed by atoms with van der Waals surface area (Å²) in [4.78, 5) is 47.9. The summed E-state index contributed by atoms with van der Waals surface area (Å²) in [5.74, 6) is -4.31. The van der Waals surface area contributed by atoms with E-state index in [9.17, 15) is 24.3 Å². The Morgan fingerprint density at radius 2 is 1.84 bits per heavy atom. The third-order valence-electron chi connectivity index (χ3n) is 4.16. The fourth-order valence-electron chi connectivity index (χ4n) is 2.84. The Morgan fingerprint density at radius 3 is 2.40 bits per heavy atom. The number of carboxylic acids is 2. The number of carbonyl (C=O) groups excluding carboxylic acids is 2. The lowest BCUT2D eigenvalue weighted by atomic mass is 9.89. The first-order valence-corrected chi connectivity index (χ1v) is 7.85. The van der Waals surface area contributed by atoms with Crippen molar-refractivity contribution in [3.8, 4) is 0 Å². The highest BCUT2D eigenvalue weighted by molar-refractivity contribution is 6.33. The molecule has 8 nitrogen and oxygen atoms in total. The zero-order valence-electron chi connectivity index (χ0n) is 13.9. The number of benzene rings is 1. The Bertz CT molecular complexity index is 715. The Labute approximate surface area is 144 Å². The molecule has 0 aromatic heterocycles. The zero-order valence-corrected chi connectivity index (χ0v) is 13.9. The van der Waals surface area contributed by atoms with Crippen molar-refractivity contribution in [2.24, 2.45) is 0 Å². The van der Waals surface area contributed by atoms with Crippen molar-refractivity contribution in [3.63, 3.8) is 0 Å². The minimum Gasteiger partial charge on any atom is -0.480 e. The topological polar surface area (TPSA) is 124 Å². The van der Waals surface area contributed by atoms with Gasteiger partial charge in [0, 0.05) is 6.04 Å². The smallest absolute Gasteiger partial charge is 0.374 e. The van der Waals surface area contributed by atoms with E-state index >= 15 is 0 Å². The molecule has 0 fully saturated rings. The first-order valence-electron chi connectivity index (χ1n) is 7.85. The second-order valence-corrected chi connectivity index (χ2v) is 6.18. The molecule has 3 N–H and O–H groups in total. The Hall–Kier alpha value is -2.74. The standard InChI is InChI=1S/C17H20N2O6/c1-9(2)19(8-13(20)17(24)25)15(21)14-11-6-4-3-5-10(11)7-12(18-14)16(22)23/h3-6,9,12,14,18H,7-8H2,1-2H3,(H,22,23)(H,24,25)/t12-,14?/m0/s1. The van der Waals surface area contributed by atoms with Crippen molar-refractivity contribution in [2.75, 3.05) is 6.54 Å². The van der Waals surface area contributed by atoms with E-state index in [1.807, 2.05) is 0 Å². The van der Waals surface area contributed by atoms with Gasteiger partial charge in [-0.15, -0.1) is 0 Å². The molecular formula is C17H20N2O6. The Morgan fingerprint density at radius 1 is 1.20 bits per heavy atom. The molecule has 1 unspecified atom stereocenters. The number of Topliss-reactive ketones (excluding diaryl/α,β-unsaturated/α-hetero) is 1. The SMILES string of the molecule is CC(C)N(CC(=O)C(=O)O)C(=O)C1N[C@H](C(=O)O)Cc2ccccc21. The summed E-state index contributed by atoms with van der Waals surface area (Å²) in [7, 11) is 0. The molecule has 1 aromatic carbocycles. The predicted octanol–water partition coefficient (Wildman–Crippen LogP) is 0.217. The second-order valence-electron chi connectivity index (χ2n) is 6.18. The minimum absolute atomic E-state index is 0.241. The third kappa shape index (κ3) is 4.03. The van der Waals surface area contributed by atoms with Crippen LogP contribution in [0.1, 0.15) is 31.0 Å². The highest BCUT2D eigenvalue weighted by atomic mass is 16.4. The molecular weight excluding hydrogens is 328 g/mol. The molecule has 0 saturated heterocycles. The van der Waals surface area contributed by atoms with E-state index in [2.05, 4.69) is 5.32 Å². The van der Waals surface area contributed by atoms with Gasteiger partial charge in [-0.2, -0.15) is 0 Å². The summed E-state index contributed by atoms with van der Waals surface area (Å²) >= 11 is 0. The number of amides is 1. The first-order chi connectivity index (χ1) is 11.7. The van der Waals surface area contributed by atoms with Gasteiger partial charge in [0.1, 0.15) is 12.1 Å². The van der Waals surface area contributed by atoms with Crippen LogP contribution in [0.2, 0.25) is 0 Å². The van der Waals surface area contributed by atoms with Crippen LogP contribution < -0.4 is 5.32 Å². The first kappa shape index (κ1) is 18.6. The van der Waals surface area contributed by atoms with E-state index in [0.717, 1.165) is 10.5 Å². The molecule has 0 spiro atoms. The fraction of sp³-hybridized carbons (Fsp3) is 0.412. The van der Waals surface area contributed by atoms with Crippen LogP contribution in [0.3, 0.4) is 0 Å². The average molecular weight is 348 g/mol. The lowest BCUT2D eigenvalue weighted by Crippen LogP contribution is -2.53. The van der Waals surface area contributed by atoms with E-state index in [1.165, 1.54) is 0 Å². The van der Waals surface area contributed by atoms with E-state index < -0.39 is 48.3 Å². The molecule has 134 valence electrons. The predicted molar refractivity (Wildman–Crippen MR) is 86.9 cm³/mol. The number of ketones is 1. The molecule has 1 amide bonds. The number of nitrogens with zero attached hydrogens (tertiary/aromatic N) is 1. The third-order valence-corrected chi connectivity index (χ3v) is 4.16. The average Bonchev–Trinajstić information content (AvgIpc) is 2.57. The van der Waals surface area contributed by atoms with Crippen molar-refractivity contribution >= 4 is 23.6 Å². The lowest BCUT2D eigenvalue weighted by molar-refractivity contribution is -0.151. The molecule has 0 bridgehead atoms. The maximum absolute atomic E-state index is 13.0. The Balaban J connectivity index is 2.36. The van der Waals surface area contributed by atoms with Gasteiger partial charge in [0.15, 0.2) is 0 Å². The van der Waals surface area contributed by atoms with E-state index in [-0.39, 0.29) is 6.42 Å². The highest BCUT2D eigenvalue weighted by Crippen LogP contribution is 2.27. The maximum atomic E-state index is 13.0. The summed E-state index contributed by atoms with van der Waals surface area (Å²) in [6.45, 7) is 2.76. The van der Waals surface area contributed by atoms with Crippen LogP contribution >= 0.6 is 0 Å². The van der Waals surface area contributed by atoms with Crippen LogP contribution in [-0.4, -0.2) is 57.4 Å². The van der Waals surface area contributed by atoms with Gasteiger partial charge in [0.2, 0.25) is 5.91 Å². The highest BCUT2D eigenvalue weighted by Gasteiger charge is 2.37. The maximum Gasteiger partial charge on any atom is 0.374 e. The molecule has 2 atom stereocenters. The molecule has 1 aliphatic rings. The number of carboxylic acid groups (broad SMARTS) is 2. The van der Waals surface area contributed by atoms with Gasteiger partial charge in [-0.1, -0.05) is 24.3 Å². The molecule has 0 aliphatic carbocycles. The molecule has 0 saturated carbocycles. The van der Waals surface area contributed by atoms with Gasteiger partial charge in [-0.3, -0.25) is 19.7 Å². The second kappa shape index (κ2) is 7.43. The summed E-state index contributed by atoms with van der Waals surface area (Å²) in [6.07, 6.45) is 0.241. The van der Waals surface area contributed by atoms with Crippen LogP contribution in [0.15, 0.2) is 24.3 Å². The van der Waals surface area contributed by atoms with Crippen molar-refractivity contribution in [1.82, 2.24) is 10.2 Å². The molecule has 25 heavy (non-hydrogen) atoms. The van der Waals surface area contributed by atoms with E-state index in [4.69, 9.17) is 5.11 Å². The van der Waals surface area contributed by atoms with E-state index in [1.54, 1.807) is 38.1 Å². The summed E-state index contributed by atoms with van der Waals surface area (Å²) in [5, 5.41) is 20.9. The van der Waals surface area contributed by atoms with Crippen molar-refractivity contribution in [2.45, 2.75) is 38.4 Å². The number of aliphatic carboxylic acids is 2. The monoisotopic (exact) mass is 348 g/mol. The molecule has 0 radical (unpaired) electrons. The van der Waals surface area contributed by atoms with Crippen LogP contribution in [0, 0.1) is 0 Å². The van der Waals surface area contributed by atoms with Crippen LogP contribution in [0.25, 0.3) is 0 Å². The van der Waals surface area contributed by atoms with Gasteiger partial charge >= 0.3 is 11.9 Å². The summed E-state index contributed by atoms with van der Waals surface area (Å²) < 4.78 is 0. The molecule has 1 aliphatic heterocycles. The number of hydrogen-bond acceptors (Lipinski definition) is 5. The largest absolute Gasteiger partial charge is 0.480 e. The molecule has 1 heterocycles. The summed E-state index contributed by atoms with van der Waals surface area (Å²) in [5.41, 5.74) is 1.37. The van der Waals surface area contributed by atoms with Gasteiger partial charge in [0.25, 0.3) is 5.78 Å². The van der Waals surface area contributed by atoms with Crippen molar-refractivity contribution in [3.05, 3.63) is 35.4 Å². The molecule has 2 rings (SSSR count). The fourth-order valence-corrected chi connectivity index (χ4v) is 2.84. The van der Waals surface area contributed by atoms with Crippen LogP contribution in [0.4, 0.5) is 0 Å². The molecule has 1 aromatic rings. The normalized spacial score (nSPS) is 19.2. The number of fused-ring (bicyclic) bond motifs is 1. The van der Waals surface area contributed by atoms with Crippen LogP contribution in [-0.2, 0) is 25.6 Å². The van der Waals surface area contributed by atoms with Crippen molar-refractivity contribution < 1.29 is 29.4 Å². The van der Waals surface area contributed by atoms with Gasteiger partial charge in [-0.25, -0.2) is 4.79 Å². The van der Waals surface area contributed by atoms with Crippen molar-refractivity contribution in [1.29, 1.82) is 0 Å². The van der Waals surface area contributed by atoms with Gasteiger partial charge < -0.3 is 15.1 Å². The van der Waals surface area contributed by atoms with Crippen LogP contribution in [0.5, 0.6) is 0 Å². The number of hydrogen-bond donors (Lipinski definition) is 3. The quantitative estimate of drug-likeness (QED) is 0.628. The Kier molecular flexibility index (Phi) is 5.53.